The molecule has 1 saturated carbocycles. The normalized spacial score (nSPS) is 13.6. The molecule has 0 N–H and O–H groups in total. The van der Waals surface area contributed by atoms with E-state index in [1.165, 1.54) is 29.5 Å². The largest absolute Gasteiger partial charge is 0.0843 e. The van der Waals surface area contributed by atoms with Gasteiger partial charge in [-0.05, 0) is 41.7 Å². The molecular weight excluding hydrogens is 228 g/mol. The minimum Gasteiger partial charge on any atom is -0.0843 e. The Morgan fingerprint density at radius 3 is 2.18 bits per heavy atom. The van der Waals surface area contributed by atoms with Crippen LogP contribution in [0.5, 0.6) is 0 Å². The van der Waals surface area contributed by atoms with Gasteiger partial charge in [0.15, 0.2) is 0 Å². The first kappa shape index (κ1) is 10.6. The van der Waals surface area contributed by atoms with Crippen LogP contribution in [0.4, 0.5) is 0 Å². The van der Waals surface area contributed by atoms with E-state index in [-0.39, 0.29) is 0 Å². The van der Waals surface area contributed by atoms with E-state index in [0.717, 1.165) is 5.02 Å². The van der Waals surface area contributed by atoms with Crippen molar-refractivity contribution in [1.82, 2.24) is 0 Å². The monoisotopic (exact) mass is 240 g/mol. The Bertz CT molecular complexity index is 561. The fraction of sp³-hybridized carbons (Fsp3) is 0.125. The highest BCUT2D eigenvalue weighted by Crippen LogP contribution is 2.40. The summed E-state index contributed by atoms with van der Waals surface area (Å²) in [6.07, 6.45) is 2.44. The zero-order valence-corrected chi connectivity index (χ0v) is 10.2. The van der Waals surface area contributed by atoms with Gasteiger partial charge in [0.1, 0.15) is 0 Å². The second-order valence-electron chi connectivity index (χ2n) is 4.35. The van der Waals surface area contributed by atoms with E-state index >= 15 is 0 Å². The van der Waals surface area contributed by atoms with Gasteiger partial charge in [0.25, 0.3) is 0 Å². The molecule has 84 valence electrons. The summed E-state index contributed by atoms with van der Waals surface area (Å²) >= 11 is 6.08. The zero-order valence-electron chi connectivity index (χ0n) is 9.49. The SMILES string of the molecule is Clc1cccc(C(=C2CC2)c2ccccc2)c1. The molecule has 0 aliphatic heterocycles. The highest BCUT2D eigenvalue weighted by atomic mass is 35.5. The first-order valence-corrected chi connectivity index (χ1v) is 6.26. The van der Waals surface area contributed by atoms with Crippen molar-refractivity contribution in [2.45, 2.75) is 12.8 Å². The molecule has 2 aromatic rings. The van der Waals surface area contributed by atoms with Crippen LogP contribution in [0.2, 0.25) is 5.02 Å². The van der Waals surface area contributed by atoms with E-state index in [1.807, 2.05) is 12.1 Å². The summed E-state index contributed by atoms with van der Waals surface area (Å²) in [6.45, 7) is 0. The van der Waals surface area contributed by atoms with Crippen LogP contribution >= 0.6 is 11.6 Å². The predicted octanol–water partition coefficient (Wildman–Crippen LogP) is 4.94. The maximum absolute atomic E-state index is 6.08. The van der Waals surface area contributed by atoms with Crippen LogP contribution < -0.4 is 0 Å². The molecule has 0 radical (unpaired) electrons. The van der Waals surface area contributed by atoms with Crippen LogP contribution in [-0.4, -0.2) is 0 Å². The van der Waals surface area contributed by atoms with Crippen LogP contribution in [0.15, 0.2) is 60.2 Å². The van der Waals surface area contributed by atoms with Gasteiger partial charge in [-0.3, -0.25) is 0 Å². The van der Waals surface area contributed by atoms with E-state index in [0.29, 0.717) is 0 Å². The van der Waals surface area contributed by atoms with Crippen molar-refractivity contribution < 1.29 is 0 Å². The van der Waals surface area contributed by atoms with Gasteiger partial charge in [0.2, 0.25) is 0 Å². The van der Waals surface area contributed by atoms with Gasteiger partial charge in [-0.2, -0.15) is 0 Å². The Labute approximate surface area is 107 Å². The second kappa shape index (κ2) is 4.38. The summed E-state index contributed by atoms with van der Waals surface area (Å²) in [5.74, 6) is 0. The highest BCUT2D eigenvalue weighted by molar-refractivity contribution is 6.30. The molecular formula is C16H13Cl. The van der Waals surface area contributed by atoms with Crippen molar-refractivity contribution in [3.63, 3.8) is 0 Å². The third kappa shape index (κ3) is 2.27. The lowest BCUT2D eigenvalue weighted by atomic mass is 9.97. The molecule has 17 heavy (non-hydrogen) atoms. The molecule has 0 saturated heterocycles. The van der Waals surface area contributed by atoms with Crippen LogP contribution in [0.3, 0.4) is 0 Å². The second-order valence-corrected chi connectivity index (χ2v) is 4.79. The van der Waals surface area contributed by atoms with Crippen LogP contribution in [0.1, 0.15) is 24.0 Å². The molecule has 1 heteroatoms. The molecule has 0 spiro atoms. The number of benzene rings is 2. The van der Waals surface area contributed by atoms with Crippen molar-refractivity contribution in [3.8, 4) is 0 Å². The average molecular weight is 241 g/mol. The molecule has 0 nitrogen and oxygen atoms in total. The van der Waals surface area contributed by atoms with Crippen molar-refractivity contribution in [2.75, 3.05) is 0 Å². The molecule has 0 amide bonds. The minimum absolute atomic E-state index is 0.803. The lowest BCUT2D eigenvalue weighted by Gasteiger charge is -2.08. The molecule has 1 aliphatic rings. The molecule has 1 aliphatic carbocycles. The summed E-state index contributed by atoms with van der Waals surface area (Å²) in [5, 5.41) is 0.803. The lowest BCUT2D eigenvalue weighted by Crippen LogP contribution is -1.87. The Balaban J connectivity index is 2.13. The van der Waals surface area contributed by atoms with Gasteiger partial charge in [0, 0.05) is 5.02 Å². The summed E-state index contributed by atoms with van der Waals surface area (Å²) in [6, 6.07) is 18.7. The summed E-state index contributed by atoms with van der Waals surface area (Å²) in [5.41, 5.74) is 5.44. The molecule has 1 fully saturated rings. The first-order chi connectivity index (χ1) is 8.34. The molecule has 2 aromatic carbocycles. The maximum atomic E-state index is 6.08. The van der Waals surface area contributed by atoms with Crippen LogP contribution in [0, 0.1) is 0 Å². The Hall–Kier alpha value is -1.53. The molecule has 3 rings (SSSR count). The summed E-state index contributed by atoms with van der Waals surface area (Å²) < 4.78 is 0. The number of rotatable bonds is 2. The number of halogens is 1. The number of hydrogen-bond donors (Lipinski definition) is 0. The van der Waals surface area contributed by atoms with Gasteiger partial charge in [-0.15, -0.1) is 0 Å². The molecule has 0 bridgehead atoms. The fourth-order valence-electron chi connectivity index (χ4n) is 2.14. The van der Waals surface area contributed by atoms with Gasteiger partial charge in [0.05, 0.1) is 0 Å². The van der Waals surface area contributed by atoms with E-state index < -0.39 is 0 Å². The summed E-state index contributed by atoms with van der Waals surface area (Å²) in [7, 11) is 0. The first-order valence-electron chi connectivity index (χ1n) is 5.88. The number of allylic oxidation sites excluding steroid dienone is 1. The van der Waals surface area contributed by atoms with Crippen molar-refractivity contribution in [3.05, 3.63) is 76.3 Å². The van der Waals surface area contributed by atoms with Crippen LogP contribution in [0.25, 0.3) is 5.57 Å². The van der Waals surface area contributed by atoms with Gasteiger partial charge in [-0.1, -0.05) is 59.6 Å². The maximum Gasteiger partial charge on any atom is 0.0412 e. The zero-order chi connectivity index (χ0) is 11.7. The number of hydrogen-bond acceptors (Lipinski definition) is 0. The van der Waals surface area contributed by atoms with Gasteiger partial charge >= 0.3 is 0 Å². The predicted molar refractivity (Wildman–Crippen MR) is 73.2 cm³/mol. The Morgan fingerprint density at radius 2 is 1.53 bits per heavy atom. The van der Waals surface area contributed by atoms with Gasteiger partial charge < -0.3 is 0 Å². The van der Waals surface area contributed by atoms with Crippen LogP contribution in [-0.2, 0) is 0 Å². The molecule has 0 unspecified atom stereocenters. The standard InChI is InChI=1S/C16H13Cl/c17-15-8-4-7-14(11-15)16(13-9-10-13)12-5-2-1-3-6-12/h1-8,11H,9-10H2. The van der Waals surface area contributed by atoms with E-state index in [4.69, 9.17) is 11.6 Å². The minimum atomic E-state index is 0.803. The van der Waals surface area contributed by atoms with Crippen molar-refractivity contribution >= 4 is 17.2 Å². The lowest BCUT2D eigenvalue weighted by molar-refractivity contribution is 1.50. The van der Waals surface area contributed by atoms with E-state index in [2.05, 4.69) is 42.5 Å². The molecule has 0 heterocycles. The Kier molecular flexibility index (Phi) is 2.74. The van der Waals surface area contributed by atoms with E-state index in [9.17, 15) is 0 Å². The third-order valence-corrected chi connectivity index (χ3v) is 3.26. The molecule has 0 atom stereocenters. The van der Waals surface area contributed by atoms with Crippen molar-refractivity contribution in [2.24, 2.45) is 0 Å². The summed E-state index contributed by atoms with van der Waals surface area (Å²) in [4.78, 5) is 0. The average Bonchev–Trinajstić information content (AvgIpc) is 3.15. The van der Waals surface area contributed by atoms with Crippen molar-refractivity contribution in [1.29, 1.82) is 0 Å². The quantitative estimate of drug-likeness (QED) is 0.698. The highest BCUT2D eigenvalue weighted by Gasteiger charge is 2.20. The van der Waals surface area contributed by atoms with Gasteiger partial charge in [-0.25, -0.2) is 0 Å². The molecule has 0 aromatic heterocycles. The smallest absolute Gasteiger partial charge is 0.0412 e. The topological polar surface area (TPSA) is 0 Å². The Morgan fingerprint density at radius 1 is 0.824 bits per heavy atom. The third-order valence-electron chi connectivity index (χ3n) is 3.03. The fourth-order valence-corrected chi connectivity index (χ4v) is 2.33. The van der Waals surface area contributed by atoms with E-state index in [1.54, 1.807) is 5.57 Å².